The molecule has 0 radical (unpaired) electrons. The lowest BCUT2D eigenvalue weighted by molar-refractivity contribution is -0.117. The number of nitrogens with two attached hydrogens (primary N) is 1. The molecule has 0 saturated heterocycles. The van der Waals surface area contributed by atoms with Crippen LogP contribution >= 0.6 is 11.3 Å². The molecule has 0 bridgehead atoms. The smallest absolute Gasteiger partial charge is 0.317 e. The second-order valence-corrected chi connectivity index (χ2v) is 7.05. The monoisotopic (exact) mass is 367 g/mol. The van der Waals surface area contributed by atoms with Gasteiger partial charge in [-0.25, -0.2) is 4.79 Å². The van der Waals surface area contributed by atoms with Crippen LogP contribution in [0.1, 0.15) is 40.6 Å². The van der Waals surface area contributed by atoms with Crippen molar-refractivity contribution in [3.8, 4) is 11.8 Å². The van der Waals surface area contributed by atoms with E-state index in [1.165, 1.54) is 18.3 Å². The van der Waals surface area contributed by atoms with E-state index in [0.717, 1.165) is 18.4 Å². The fraction of sp³-hybridized carbons (Fsp3) is 0.211. The standard InChI is InChI=1S/C19H17N3O3S/c1-11(23)16-10-15(26-18(16)22-19(20)25)8-5-12-3-2-4-14(9-12)21-17(24)13-6-7-13/h2-4,9-10,13H,6-7H2,1H3,(H,21,24)(H3,20,22,25). The van der Waals surface area contributed by atoms with Gasteiger partial charge < -0.3 is 11.1 Å². The summed E-state index contributed by atoms with van der Waals surface area (Å²) in [5, 5.41) is 5.71. The van der Waals surface area contributed by atoms with Crippen molar-refractivity contribution < 1.29 is 14.4 Å². The number of anilines is 2. The number of hydrogen-bond acceptors (Lipinski definition) is 4. The Morgan fingerprint density at radius 3 is 2.58 bits per heavy atom. The molecule has 2 aromatic rings. The Balaban J connectivity index is 1.79. The normalized spacial score (nSPS) is 12.7. The molecule has 1 fully saturated rings. The molecule has 1 aromatic carbocycles. The van der Waals surface area contributed by atoms with Gasteiger partial charge in [0.25, 0.3) is 0 Å². The molecule has 3 amide bonds. The summed E-state index contributed by atoms with van der Waals surface area (Å²) in [6.45, 7) is 1.41. The van der Waals surface area contributed by atoms with Crippen LogP contribution < -0.4 is 16.4 Å². The third kappa shape index (κ3) is 4.49. The minimum absolute atomic E-state index is 0.0432. The van der Waals surface area contributed by atoms with Gasteiger partial charge in [0.15, 0.2) is 5.78 Å². The van der Waals surface area contributed by atoms with E-state index in [9.17, 15) is 14.4 Å². The van der Waals surface area contributed by atoms with Crippen molar-refractivity contribution in [2.24, 2.45) is 11.7 Å². The lowest BCUT2D eigenvalue weighted by Gasteiger charge is -2.03. The highest BCUT2D eigenvalue weighted by Crippen LogP contribution is 2.30. The van der Waals surface area contributed by atoms with E-state index in [-0.39, 0.29) is 17.6 Å². The van der Waals surface area contributed by atoms with Crippen molar-refractivity contribution in [1.82, 2.24) is 0 Å². The molecule has 1 heterocycles. The summed E-state index contributed by atoms with van der Waals surface area (Å²) in [5.41, 5.74) is 6.95. The van der Waals surface area contributed by atoms with Crippen molar-refractivity contribution in [3.63, 3.8) is 0 Å². The zero-order chi connectivity index (χ0) is 18.7. The average Bonchev–Trinajstić information content (AvgIpc) is 3.35. The first-order valence-electron chi connectivity index (χ1n) is 8.06. The van der Waals surface area contributed by atoms with Gasteiger partial charge in [-0.05, 0) is 44.0 Å². The molecule has 1 saturated carbocycles. The molecule has 4 N–H and O–H groups in total. The van der Waals surface area contributed by atoms with Crippen molar-refractivity contribution >= 4 is 39.7 Å². The third-order valence-corrected chi connectivity index (χ3v) is 4.72. The molecule has 132 valence electrons. The summed E-state index contributed by atoms with van der Waals surface area (Å²) < 4.78 is 0. The number of Topliss-reactive ketones (excluding diaryl/α,β-unsaturated/α-hetero) is 1. The number of carbonyl (C=O) groups is 3. The zero-order valence-electron chi connectivity index (χ0n) is 14.1. The Bertz CT molecular complexity index is 948. The van der Waals surface area contributed by atoms with Crippen LogP contribution in [0.3, 0.4) is 0 Å². The number of amides is 3. The fourth-order valence-electron chi connectivity index (χ4n) is 2.32. The molecule has 1 aliphatic rings. The molecule has 3 rings (SSSR count). The summed E-state index contributed by atoms with van der Waals surface area (Å²) in [4.78, 5) is 35.2. The van der Waals surface area contributed by atoms with E-state index in [1.807, 2.05) is 18.2 Å². The molecule has 26 heavy (non-hydrogen) atoms. The highest BCUT2D eigenvalue weighted by Gasteiger charge is 2.29. The molecule has 7 heteroatoms. The Labute approximate surface area is 154 Å². The van der Waals surface area contributed by atoms with Gasteiger partial charge in [0.1, 0.15) is 5.00 Å². The van der Waals surface area contributed by atoms with Crippen LogP contribution in [0.5, 0.6) is 0 Å². The van der Waals surface area contributed by atoms with Crippen LogP contribution in [0.25, 0.3) is 0 Å². The fourth-order valence-corrected chi connectivity index (χ4v) is 3.28. The lowest BCUT2D eigenvalue weighted by Crippen LogP contribution is -2.19. The molecule has 0 unspecified atom stereocenters. The van der Waals surface area contributed by atoms with Crippen LogP contribution in [0, 0.1) is 17.8 Å². The molecule has 6 nitrogen and oxygen atoms in total. The first-order chi connectivity index (χ1) is 12.4. The number of primary amides is 1. The predicted molar refractivity (Wildman–Crippen MR) is 101 cm³/mol. The Kier molecular flexibility index (Phi) is 5.05. The largest absolute Gasteiger partial charge is 0.351 e. The Morgan fingerprint density at radius 1 is 1.15 bits per heavy atom. The van der Waals surface area contributed by atoms with Crippen LogP contribution in [-0.2, 0) is 4.79 Å². The van der Waals surface area contributed by atoms with E-state index in [2.05, 4.69) is 22.5 Å². The van der Waals surface area contributed by atoms with Crippen molar-refractivity contribution in [3.05, 3.63) is 46.3 Å². The van der Waals surface area contributed by atoms with Gasteiger partial charge in [0.2, 0.25) is 5.91 Å². The van der Waals surface area contributed by atoms with E-state index in [1.54, 1.807) is 12.1 Å². The summed E-state index contributed by atoms with van der Waals surface area (Å²) in [6.07, 6.45) is 1.90. The number of urea groups is 1. The molecule has 1 aliphatic carbocycles. The zero-order valence-corrected chi connectivity index (χ0v) is 14.9. The minimum atomic E-state index is -0.729. The van der Waals surface area contributed by atoms with Crippen LogP contribution in [-0.4, -0.2) is 17.7 Å². The van der Waals surface area contributed by atoms with Gasteiger partial charge in [-0.3, -0.25) is 14.9 Å². The van der Waals surface area contributed by atoms with E-state index >= 15 is 0 Å². The van der Waals surface area contributed by atoms with Crippen LogP contribution in [0.15, 0.2) is 30.3 Å². The maximum Gasteiger partial charge on any atom is 0.317 e. The van der Waals surface area contributed by atoms with Crippen molar-refractivity contribution in [1.29, 1.82) is 0 Å². The van der Waals surface area contributed by atoms with E-state index in [0.29, 0.717) is 21.1 Å². The second-order valence-electron chi connectivity index (χ2n) is 5.99. The highest BCUT2D eigenvalue weighted by atomic mass is 32.1. The Morgan fingerprint density at radius 2 is 1.92 bits per heavy atom. The maximum atomic E-state index is 11.8. The number of nitrogens with one attached hydrogen (secondary N) is 2. The van der Waals surface area contributed by atoms with Gasteiger partial charge in [-0.2, -0.15) is 0 Å². The minimum Gasteiger partial charge on any atom is -0.351 e. The molecular weight excluding hydrogens is 350 g/mol. The van der Waals surface area contributed by atoms with E-state index in [4.69, 9.17) is 5.73 Å². The number of ketones is 1. The molecule has 0 atom stereocenters. The quantitative estimate of drug-likeness (QED) is 0.571. The maximum absolute atomic E-state index is 11.8. The third-order valence-electron chi connectivity index (χ3n) is 3.76. The Hall–Kier alpha value is -3.11. The molecular formula is C19H17N3O3S. The first-order valence-corrected chi connectivity index (χ1v) is 8.88. The van der Waals surface area contributed by atoms with Crippen LogP contribution in [0.2, 0.25) is 0 Å². The van der Waals surface area contributed by atoms with Crippen molar-refractivity contribution in [2.75, 3.05) is 10.6 Å². The van der Waals surface area contributed by atoms with Crippen LogP contribution in [0.4, 0.5) is 15.5 Å². The molecule has 1 aromatic heterocycles. The highest BCUT2D eigenvalue weighted by molar-refractivity contribution is 7.17. The van der Waals surface area contributed by atoms with Gasteiger partial charge in [0, 0.05) is 17.2 Å². The number of benzene rings is 1. The summed E-state index contributed by atoms with van der Waals surface area (Å²) in [6, 6.07) is 8.18. The molecule has 0 spiro atoms. The summed E-state index contributed by atoms with van der Waals surface area (Å²) in [7, 11) is 0. The van der Waals surface area contributed by atoms with Gasteiger partial charge in [-0.1, -0.05) is 17.9 Å². The average molecular weight is 367 g/mol. The number of rotatable bonds is 4. The van der Waals surface area contributed by atoms with E-state index < -0.39 is 6.03 Å². The second kappa shape index (κ2) is 7.42. The number of thiophene rings is 1. The lowest BCUT2D eigenvalue weighted by atomic mass is 10.2. The van der Waals surface area contributed by atoms with Gasteiger partial charge in [0.05, 0.1) is 10.4 Å². The first kappa shape index (κ1) is 17.7. The number of hydrogen-bond donors (Lipinski definition) is 3. The van der Waals surface area contributed by atoms with Crippen molar-refractivity contribution in [2.45, 2.75) is 19.8 Å². The van der Waals surface area contributed by atoms with Gasteiger partial charge in [-0.15, -0.1) is 11.3 Å². The predicted octanol–water partition coefficient (Wildman–Crippen LogP) is 3.19. The van der Waals surface area contributed by atoms with Gasteiger partial charge >= 0.3 is 6.03 Å². The summed E-state index contributed by atoms with van der Waals surface area (Å²) >= 11 is 1.19. The topological polar surface area (TPSA) is 101 Å². The SMILES string of the molecule is CC(=O)c1cc(C#Cc2cccc(NC(=O)C3CC3)c2)sc1NC(N)=O. The number of carbonyl (C=O) groups excluding carboxylic acids is 3. The molecule has 0 aliphatic heterocycles. The summed E-state index contributed by atoms with van der Waals surface area (Å²) in [5.74, 6) is 5.98.